The van der Waals surface area contributed by atoms with Gasteiger partial charge >= 0.3 is 5.97 Å². The molecule has 1 aromatic rings. The lowest BCUT2D eigenvalue weighted by Crippen LogP contribution is -2.33. The number of carbonyl (C=O) groups is 2. The van der Waals surface area contributed by atoms with Crippen molar-refractivity contribution in [3.63, 3.8) is 0 Å². The number of hydrogen-bond donors (Lipinski definition) is 1. The molecule has 0 aromatic carbocycles. The Labute approximate surface area is 96.1 Å². The summed E-state index contributed by atoms with van der Waals surface area (Å²) in [4.78, 5) is 23.7. The molecule has 0 aliphatic carbocycles. The van der Waals surface area contributed by atoms with Crippen molar-refractivity contribution < 1.29 is 14.7 Å². The molecular formula is C9H10ClNO3S. The van der Waals surface area contributed by atoms with E-state index in [0.29, 0.717) is 10.9 Å². The van der Waals surface area contributed by atoms with Crippen molar-refractivity contribution in [2.45, 2.75) is 13.5 Å². The fraction of sp³-hybridized carbons (Fsp3) is 0.333. The summed E-state index contributed by atoms with van der Waals surface area (Å²) >= 11 is 7.07. The number of rotatable bonds is 4. The Morgan fingerprint density at radius 2 is 2.20 bits per heavy atom. The molecule has 1 rings (SSSR count). The van der Waals surface area contributed by atoms with Gasteiger partial charge in [-0.1, -0.05) is 11.6 Å². The highest BCUT2D eigenvalue weighted by Gasteiger charge is 2.13. The summed E-state index contributed by atoms with van der Waals surface area (Å²) in [7, 11) is 0. The zero-order chi connectivity index (χ0) is 11.4. The Hall–Kier alpha value is -1.07. The first kappa shape index (κ1) is 12.0. The Bertz CT molecular complexity index is 377. The standard InChI is InChI=1S/C9H10ClNO3S/c1-6(12)11(5-9(13)14)4-7-2-3-8(10)15-7/h2-3H,4-5H2,1H3,(H,13,14). The summed E-state index contributed by atoms with van der Waals surface area (Å²) in [5.41, 5.74) is 0. The van der Waals surface area contributed by atoms with Crippen LogP contribution in [0.15, 0.2) is 12.1 Å². The third kappa shape index (κ3) is 3.89. The van der Waals surface area contributed by atoms with Crippen LogP contribution in [-0.2, 0) is 16.1 Å². The molecule has 6 heteroatoms. The van der Waals surface area contributed by atoms with Gasteiger partial charge in [0.15, 0.2) is 0 Å². The van der Waals surface area contributed by atoms with Crippen molar-refractivity contribution in [3.05, 3.63) is 21.3 Å². The SMILES string of the molecule is CC(=O)N(CC(=O)O)Cc1ccc(Cl)s1. The molecule has 15 heavy (non-hydrogen) atoms. The first-order valence-electron chi connectivity index (χ1n) is 4.20. The highest BCUT2D eigenvalue weighted by molar-refractivity contribution is 7.16. The van der Waals surface area contributed by atoms with Crippen LogP contribution in [0.4, 0.5) is 0 Å². The molecule has 0 fully saturated rings. The molecule has 0 saturated heterocycles. The van der Waals surface area contributed by atoms with Crippen LogP contribution in [0, 0.1) is 0 Å². The zero-order valence-corrected chi connectivity index (χ0v) is 9.64. The monoisotopic (exact) mass is 247 g/mol. The van der Waals surface area contributed by atoms with Gasteiger partial charge in [-0.3, -0.25) is 9.59 Å². The summed E-state index contributed by atoms with van der Waals surface area (Å²) in [6.07, 6.45) is 0. The van der Waals surface area contributed by atoms with Crippen LogP contribution in [0.2, 0.25) is 4.34 Å². The second-order valence-corrected chi connectivity index (χ2v) is 4.77. The van der Waals surface area contributed by atoms with Crippen LogP contribution < -0.4 is 0 Å². The number of carboxylic acids is 1. The Morgan fingerprint density at radius 3 is 2.60 bits per heavy atom. The highest BCUT2D eigenvalue weighted by atomic mass is 35.5. The van der Waals surface area contributed by atoms with Crippen molar-refractivity contribution in [1.82, 2.24) is 4.90 Å². The van der Waals surface area contributed by atoms with E-state index in [0.717, 1.165) is 4.88 Å². The lowest BCUT2D eigenvalue weighted by atomic mass is 10.4. The van der Waals surface area contributed by atoms with Gasteiger partial charge in [-0.05, 0) is 12.1 Å². The Morgan fingerprint density at radius 1 is 1.53 bits per heavy atom. The van der Waals surface area contributed by atoms with E-state index in [1.807, 2.05) is 0 Å². The molecule has 0 aliphatic rings. The summed E-state index contributed by atoms with van der Waals surface area (Å²) in [5, 5.41) is 8.60. The fourth-order valence-electron chi connectivity index (χ4n) is 1.07. The van der Waals surface area contributed by atoms with Gasteiger partial charge in [-0.2, -0.15) is 0 Å². The Kier molecular flexibility index (Phi) is 4.11. The van der Waals surface area contributed by atoms with E-state index in [4.69, 9.17) is 16.7 Å². The van der Waals surface area contributed by atoms with E-state index in [2.05, 4.69) is 0 Å². The third-order valence-electron chi connectivity index (χ3n) is 1.75. The quantitative estimate of drug-likeness (QED) is 0.883. The number of hydrogen-bond acceptors (Lipinski definition) is 3. The van der Waals surface area contributed by atoms with Crippen molar-refractivity contribution >= 4 is 34.8 Å². The van der Waals surface area contributed by atoms with Crippen molar-refractivity contribution in [3.8, 4) is 0 Å². The number of carboxylic acid groups (broad SMARTS) is 1. The minimum atomic E-state index is -1.02. The zero-order valence-electron chi connectivity index (χ0n) is 8.07. The van der Waals surface area contributed by atoms with E-state index in [-0.39, 0.29) is 12.5 Å². The van der Waals surface area contributed by atoms with Gasteiger partial charge in [0.1, 0.15) is 6.54 Å². The number of nitrogens with zero attached hydrogens (tertiary/aromatic N) is 1. The maximum absolute atomic E-state index is 11.1. The summed E-state index contributed by atoms with van der Waals surface area (Å²) in [6.45, 7) is 1.35. The maximum atomic E-state index is 11.1. The van der Waals surface area contributed by atoms with Crippen LogP contribution in [0.25, 0.3) is 0 Å². The first-order chi connectivity index (χ1) is 6.99. The molecule has 0 spiro atoms. The van der Waals surface area contributed by atoms with Gasteiger partial charge in [0.05, 0.1) is 10.9 Å². The van der Waals surface area contributed by atoms with E-state index in [1.165, 1.54) is 23.2 Å². The summed E-state index contributed by atoms with van der Waals surface area (Å²) in [5.74, 6) is -1.28. The topological polar surface area (TPSA) is 57.6 Å². The van der Waals surface area contributed by atoms with Gasteiger partial charge in [-0.25, -0.2) is 0 Å². The van der Waals surface area contributed by atoms with Gasteiger partial charge in [0, 0.05) is 11.8 Å². The van der Waals surface area contributed by atoms with E-state index >= 15 is 0 Å². The van der Waals surface area contributed by atoms with E-state index in [1.54, 1.807) is 12.1 Å². The van der Waals surface area contributed by atoms with Gasteiger partial charge in [0.25, 0.3) is 0 Å². The fourth-order valence-corrected chi connectivity index (χ4v) is 2.17. The minimum absolute atomic E-state index is 0.262. The largest absolute Gasteiger partial charge is 0.480 e. The molecule has 0 atom stereocenters. The van der Waals surface area contributed by atoms with Gasteiger partial charge < -0.3 is 10.0 Å². The molecule has 0 aliphatic heterocycles. The van der Waals surface area contributed by atoms with Gasteiger partial charge in [0.2, 0.25) is 5.91 Å². The molecular weight excluding hydrogens is 238 g/mol. The molecule has 0 unspecified atom stereocenters. The minimum Gasteiger partial charge on any atom is -0.480 e. The molecule has 0 saturated carbocycles. The number of thiophene rings is 1. The average Bonchev–Trinajstić information content (AvgIpc) is 2.49. The maximum Gasteiger partial charge on any atom is 0.323 e. The molecule has 1 aromatic heterocycles. The molecule has 1 N–H and O–H groups in total. The van der Waals surface area contributed by atoms with E-state index < -0.39 is 5.97 Å². The molecule has 1 amide bonds. The number of aliphatic carboxylic acids is 1. The smallest absolute Gasteiger partial charge is 0.323 e. The van der Waals surface area contributed by atoms with Crippen LogP contribution in [-0.4, -0.2) is 28.4 Å². The summed E-state index contributed by atoms with van der Waals surface area (Å²) in [6, 6.07) is 3.51. The number of amides is 1. The van der Waals surface area contributed by atoms with Crippen LogP contribution in [0.1, 0.15) is 11.8 Å². The van der Waals surface area contributed by atoms with Gasteiger partial charge in [-0.15, -0.1) is 11.3 Å². The van der Waals surface area contributed by atoms with Crippen molar-refractivity contribution in [1.29, 1.82) is 0 Å². The van der Waals surface area contributed by atoms with Crippen LogP contribution in [0.5, 0.6) is 0 Å². The number of carbonyl (C=O) groups excluding carboxylic acids is 1. The number of halogens is 1. The lowest BCUT2D eigenvalue weighted by molar-refractivity contribution is -0.144. The molecule has 0 radical (unpaired) electrons. The van der Waals surface area contributed by atoms with Crippen LogP contribution in [0.3, 0.4) is 0 Å². The van der Waals surface area contributed by atoms with Crippen LogP contribution >= 0.6 is 22.9 Å². The van der Waals surface area contributed by atoms with Crippen molar-refractivity contribution in [2.24, 2.45) is 0 Å². The first-order valence-corrected chi connectivity index (χ1v) is 5.40. The average molecular weight is 248 g/mol. The molecule has 1 heterocycles. The molecule has 82 valence electrons. The van der Waals surface area contributed by atoms with E-state index in [9.17, 15) is 9.59 Å². The van der Waals surface area contributed by atoms with Crippen molar-refractivity contribution in [2.75, 3.05) is 6.54 Å². The highest BCUT2D eigenvalue weighted by Crippen LogP contribution is 2.22. The molecule has 0 bridgehead atoms. The predicted octanol–water partition coefficient (Wildman–Crippen LogP) is 1.83. The second-order valence-electron chi connectivity index (χ2n) is 2.97. The Balaban J connectivity index is 2.66. The summed E-state index contributed by atoms with van der Waals surface area (Å²) < 4.78 is 0.629. The normalized spacial score (nSPS) is 10.0. The molecule has 4 nitrogen and oxygen atoms in total. The lowest BCUT2D eigenvalue weighted by Gasteiger charge is -2.17. The predicted molar refractivity (Wildman–Crippen MR) is 58.1 cm³/mol. The third-order valence-corrected chi connectivity index (χ3v) is 2.96. The second kappa shape index (κ2) is 5.14.